The van der Waals surface area contributed by atoms with Gasteiger partial charge in [-0.05, 0) is 12.1 Å². The maximum atomic E-state index is 14.2. The van der Waals surface area contributed by atoms with Crippen LogP contribution in [0.4, 0.5) is 22.0 Å². The molecule has 2 atom stereocenters. The lowest BCUT2D eigenvalue weighted by molar-refractivity contribution is -0.144. The first-order chi connectivity index (χ1) is 11.1. The molecule has 0 aliphatic heterocycles. The maximum Gasteiger partial charge on any atom is 0.312 e. The molecule has 0 aromatic heterocycles. The molecule has 0 radical (unpaired) electrons. The molecule has 0 spiro atoms. The number of rotatable bonds is 4. The van der Waals surface area contributed by atoms with Crippen molar-refractivity contribution < 1.29 is 40.2 Å². The Balaban J connectivity index is 2.13. The second kappa shape index (κ2) is 5.55. The Bertz CT molecular complexity index is 761. The molecule has 1 N–H and O–H groups in total. The van der Waals surface area contributed by atoms with Gasteiger partial charge in [-0.3, -0.25) is 0 Å². The lowest BCUT2D eigenvalue weighted by Gasteiger charge is -2.31. The fraction of sp³-hybridized carbons (Fsp3) is 0.571. The van der Waals surface area contributed by atoms with Crippen molar-refractivity contribution in [3.63, 3.8) is 0 Å². The van der Waals surface area contributed by atoms with Crippen molar-refractivity contribution in [1.82, 2.24) is 0 Å². The summed E-state index contributed by atoms with van der Waals surface area (Å²) in [5.41, 5.74) is -1.73. The molecule has 1 aromatic carbocycles. The molecular weight excluding hydrogens is 359 g/mol. The normalized spacial score (nSPS) is 31.4. The molecule has 0 saturated heterocycles. The molecule has 4 nitrogen and oxygen atoms in total. The fourth-order valence-corrected chi connectivity index (χ4v) is 3.82. The summed E-state index contributed by atoms with van der Waals surface area (Å²) >= 11 is 0. The highest BCUT2D eigenvalue weighted by molar-refractivity contribution is 7.91. The van der Waals surface area contributed by atoms with E-state index in [0.717, 1.165) is 12.1 Å². The van der Waals surface area contributed by atoms with Crippen LogP contribution in [-0.2, 0) is 9.84 Å². The maximum absolute atomic E-state index is 14.2. The van der Waals surface area contributed by atoms with Crippen molar-refractivity contribution in [2.24, 2.45) is 0 Å². The topological polar surface area (TPSA) is 63.6 Å². The monoisotopic (exact) mass is 372 g/mol. The Morgan fingerprint density at radius 2 is 1.83 bits per heavy atom. The number of fused-ring (bicyclic) bond motifs is 1. The van der Waals surface area contributed by atoms with Crippen LogP contribution in [0.2, 0.25) is 0 Å². The number of benzene rings is 1. The minimum atomic E-state index is -4.62. The van der Waals surface area contributed by atoms with Crippen LogP contribution in [0.3, 0.4) is 0 Å². The molecule has 134 valence electrons. The van der Waals surface area contributed by atoms with E-state index in [1.165, 1.54) is 0 Å². The average Bonchev–Trinajstić information content (AvgIpc) is 2.67. The molecule has 0 unspecified atom stereocenters. The standard InChI is InChI=1S/C14H13F5O4S/c15-5-24(21,22)9-2-1-8(23-7-3-6(16)4-7)10-11(9)13(20)14(18,19)12(10)17/h1-2,6-7,12-13,20H,3-5H2/t6-,7-,12-,13+/m1/s1. The minimum Gasteiger partial charge on any atom is -0.490 e. The molecule has 0 bridgehead atoms. The predicted molar refractivity (Wildman–Crippen MR) is 71.9 cm³/mol. The average molecular weight is 372 g/mol. The summed E-state index contributed by atoms with van der Waals surface area (Å²) in [6, 6.07) is -0.180. The van der Waals surface area contributed by atoms with Gasteiger partial charge < -0.3 is 9.84 Å². The first kappa shape index (κ1) is 17.4. The summed E-state index contributed by atoms with van der Waals surface area (Å²) in [5.74, 6) is -4.69. The van der Waals surface area contributed by atoms with Gasteiger partial charge in [0, 0.05) is 24.0 Å². The number of sulfone groups is 1. The number of hydrogen-bond acceptors (Lipinski definition) is 4. The first-order valence-corrected chi connectivity index (χ1v) is 8.71. The quantitative estimate of drug-likeness (QED) is 0.826. The van der Waals surface area contributed by atoms with E-state index < -0.39 is 68.1 Å². The van der Waals surface area contributed by atoms with E-state index in [1.54, 1.807) is 0 Å². The number of alkyl halides is 5. The molecule has 0 amide bonds. The summed E-state index contributed by atoms with van der Waals surface area (Å²) in [5, 5.41) is 9.70. The number of hydrogen-bond donors (Lipinski definition) is 1. The van der Waals surface area contributed by atoms with Crippen molar-refractivity contribution in [2.45, 2.75) is 48.2 Å². The van der Waals surface area contributed by atoms with Gasteiger partial charge in [-0.25, -0.2) is 21.6 Å². The van der Waals surface area contributed by atoms with Gasteiger partial charge in [0.2, 0.25) is 9.84 Å². The number of aliphatic hydroxyl groups excluding tert-OH is 1. The van der Waals surface area contributed by atoms with Crippen molar-refractivity contribution in [1.29, 1.82) is 0 Å². The van der Waals surface area contributed by atoms with Crippen LogP contribution in [0.15, 0.2) is 17.0 Å². The third kappa shape index (κ3) is 2.46. The number of halogens is 5. The van der Waals surface area contributed by atoms with E-state index >= 15 is 0 Å². The molecule has 10 heteroatoms. The Labute approximate surface area is 134 Å². The smallest absolute Gasteiger partial charge is 0.312 e. The van der Waals surface area contributed by atoms with Gasteiger partial charge in [0.15, 0.2) is 12.2 Å². The number of aliphatic hydroxyl groups is 1. The van der Waals surface area contributed by atoms with E-state index in [4.69, 9.17) is 4.74 Å². The summed E-state index contributed by atoms with van der Waals surface area (Å²) in [4.78, 5) is -0.906. The molecule has 1 aromatic rings. The zero-order valence-corrected chi connectivity index (χ0v) is 12.9. The third-order valence-electron chi connectivity index (χ3n) is 4.25. The highest BCUT2D eigenvalue weighted by Crippen LogP contribution is 2.57. The molecule has 2 aliphatic carbocycles. The van der Waals surface area contributed by atoms with Gasteiger partial charge in [-0.1, -0.05) is 0 Å². The summed E-state index contributed by atoms with van der Waals surface area (Å²) in [6.45, 7) is 0. The molecule has 1 saturated carbocycles. The third-order valence-corrected chi connectivity index (χ3v) is 5.56. The SMILES string of the molecule is O=S(=O)(CF)c1ccc(O[C@H]2C[C@H](F)C2)c2c1[C@H](O)C(F)(F)[C@@H]2F. The summed E-state index contributed by atoms with van der Waals surface area (Å²) in [6.07, 6.45) is -7.55. The second-order valence-corrected chi connectivity index (χ2v) is 7.75. The highest BCUT2D eigenvalue weighted by atomic mass is 32.2. The molecule has 0 heterocycles. The molecule has 24 heavy (non-hydrogen) atoms. The van der Waals surface area contributed by atoms with Crippen molar-refractivity contribution in [3.8, 4) is 5.75 Å². The largest absolute Gasteiger partial charge is 0.490 e. The fourth-order valence-electron chi connectivity index (χ4n) is 2.87. The van der Waals surface area contributed by atoms with Gasteiger partial charge in [0.05, 0.1) is 4.90 Å². The first-order valence-electron chi connectivity index (χ1n) is 7.05. The van der Waals surface area contributed by atoms with Crippen LogP contribution in [-0.4, -0.2) is 37.7 Å². The van der Waals surface area contributed by atoms with Crippen LogP contribution in [0, 0.1) is 0 Å². The Morgan fingerprint density at radius 3 is 2.38 bits per heavy atom. The van der Waals surface area contributed by atoms with E-state index in [-0.39, 0.29) is 12.8 Å². The van der Waals surface area contributed by atoms with Gasteiger partial charge in [-0.2, -0.15) is 8.78 Å². The van der Waals surface area contributed by atoms with Crippen LogP contribution in [0.1, 0.15) is 36.2 Å². The van der Waals surface area contributed by atoms with Gasteiger partial charge in [0.25, 0.3) is 0 Å². The highest BCUT2D eigenvalue weighted by Gasteiger charge is 2.59. The zero-order chi connectivity index (χ0) is 17.9. The summed E-state index contributed by atoms with van der Waals surface area (Å²) in [7, 11) is -4.62. The Hall–Kier alpha value is -1.42. The molecule has 3 rings (SSSR count). The van der Waals surface area contributed by atoms with Crippen LogP contribution in [0.5, 0.6) is 5.75 Å². The molecular formula is C14H13F5O4S. The van der Waals surface area contributed by atoms with E-state index in [9.17, 15) is 35.5 Å². The second-order valence-electron chi connectivity index (χ2n) is 5.86. The summed E-state index contributed by atoms with van der Waals surface area (Å²) < 4.78 is 96.1. The number of ether oxygens (including phenoxy) is 1. The van der Waals surface area contributed by atoms with Crippen molar-refractivity contribution in [2.75, 3.05) is 6.01 Å². The van der Waals surface area contributed by atoms with Crippen LogP contribution in [0.25, 0.3) is 0 Å². The Morgan fingerprint density at radius 1 is 1.21 bits per heavy atom. The predicted octanol–water partition coefficient (Wildman–Crippen LogP) is 2.96. The lowest BCUT2D eigenvalue weighted by Crippen LogP contribution is -2.35. The lowest BCUT2D eigenvalue weighted by atomic mass is 9.93. The minimum absolute atomic E-state index is 0.00476. The van der Waals surface area contributed by atoms with Gasteiger partial charge in [0.1, 0.15) is 24.1 Å². The van der Waals surface area contributed by atoms with Crippen LogP contribution >= 0.6 is 0 Å². The van der Waals surface area contributed by atoms with E-state index in [2.05, 4.69) is 0 Å². The van der Waals surface area contributed by atoms with Crippen molar-refractivity contribution >= 4 is 9.84 Å². The Kier molecular flexibility index (Phi) is 4.03. The van der Waals surface area contributed by atoms with E-state index in [1.807, 2.05) is 0 Å². The van der Waals surface area contributed by atoms with Gasteiger partial charge >= 0.3 is 5.92 Å². The van der Waals surface area contributed by atoms with Gasteiger partial charge in [-0.15, -0.1) is 0 Å². The molecule has 1 fully saturated rings. The van der Waals surface area contributed by atoms with E-state index in [0.29, 0.717) is 0 Å². The molecule has 2 aliphatic rings. The van der Waals surface area contributed by atoms with Crippen molar-refractivity contribution in [3.05, 3.63) is 23.3 Å². The zero-order valence-electron chi connectivity index (χ0n) is 12.1. The van der Waals surface area contributed by atoms with Crippen LogP contribution < -0.4 is 4.74 Å².